The summed E-state index contributed by atoms with van der Waals surface area (Å²) in [5, 5.41) is 3.33. The lowest BCUT2D eigenvalue weighted by atomic mass is 10.2. The van der Waals surface area contributed by atoms with Crippen molar-refractivity contribution < 1.29 is 14.3 Å². The first-order valence-corrected chi connectivity index (χ1v) is 9.40. The number of rotatable bonds is 8. The molecular formula is C22H21ClN2O4. The Morgan fingerprint density at radius 3 is 2.52 bits per heavy atom. The van der Waals surface area contributed by atoms with Crippen molar-refractivity contribution in [3.05, 3.63) is 93.4 Å². The van der Waals surface area contributed by atoms with Crippen LogP contribution in [0, 0.1) is 0 Å². The van der Waals surface area contributed by atoms with E-state index in [4.69, 9.17) is 21.1 Å². The van der Waals surface area contributed by atoms with E-state index in [9.17, 15) is 9.59 Å². The van der Waals surface area contributed by atoms with E-state index in [0.717, 1.165) is 5.56 Å². The number of aromatic nitrogens is 1. The van der Waals surface area contributed by atoms with Crippen molar-refractivity contribution in [2.45, 2.75) is 13.2 Å². The van der Waals surface area contributed by atoms with Crippen LogP contribution in [0.4, 0.5) is 0 Å². The molecule has 3 rings (SSSR count). The normalized spacial score (nSPS) is 10.4. The Labute approximate surface area is 173 Å². The second-order valence-corrected chi connectivity index (χ2v) is 6.83. The zero-order valence-corrected chi connectivity index (χ0v) is 16.7. The van der Waals surface area contributed by atoms with Gasteiger partial charge in [-0.15, -0.1) is 0 Å². The van der Waals surface area contributed by atoms with Gasteiger partial charge in [0.05, 0.1) is 12.7 Å². The van der Waals surface area contributed by atoms with Crippen LogP contribution in [0.3, 0.4) is 0 Å². The summed E-state index contributed by atoms with van der Waals surface area (Å²) in [4.78, 5) is 24.3. The molecular weight excluding hydrogens is 392 g/mol. The van der Waals surface area contributed by atoms with Gasteiger partial charge in [-0.05, 0) is 29.8 Å². The van der Waals surface area contributed by atoms with E-state index < -0.39 is 0 Å². The van der Waals surface area contributed by atoms with Crippen LogP contribution in [0.5, 0.6) is 11.5 Å². The highest BCUT2D eigenvalue weighted by atomic mass is 35.5. The molecule has 0 unspecified atom stereocenters. The Balaban J connectivity index is 1.52. The minimum absolute atomic E-state index is 0.131. The zero-order valence-electron chi connectivity index (χ0n) is 15.9. The molecule has 1 amide bonds. The minimum atomic E-state index is -0.295. The van der Waals surface area contributed by atoms with E-state index >= 15 is 0 Å². The second kappa shape index (κ2) is 9.80. The Bertz CT molecular complexity index is 1020. The van der Waals surface area contributed by atoms with Crippen LogP contribution in [0.1, 0.15) is 11.3 Å². The van der Waals surface area contributed by atoms with Crippen molar-refractivity contribution in [3.8, 4) is 11.5 Å². The lowest BCUT2D eigenvalue weighted by molar-refractivity contribution is -0.123. The maximum absolute atomic E-state index is 12.3. The van der Waals surface area contributed by atoms with Crippen molar-refractivity contribution in [1.29, 1.82) is 0 Å². The molecule has 2 aromatic carbocycles. The van der Waals surface area contributed by atoms with Crippen LogP contribution < -0.4 is 20.2 Å². The average Bonchev–Trinajstić information content (AvgIpc) is 2.73. The third-order valence-electron chi connectivity index (χ3n) is 4.19. The number of carbonyl (C=O) groups excluding carboxylic acids is 1. The van der Waals surface area contributed by atoms with Crippen LogP contribution in [-0.4, -0.2) is 17.1 Å². The van der Waals surface area contributed by atoms with E-state index in [1.165, 1.54) is 6.07 Å². The largest absolute Gasteiger partial charge is 0.484 e. The average molecular weight is 413 g/mol. The van der Waals surface area contributed by atoms with Crippen LogP contribution in [0.25, 0.3) is 0 Å². The number of ether oxygens (including phenoxy) is 2. The summed E-state index contributed by atoms with van der Waals surface area (Å²) in [6, 6.07) is 17.8. The van der Waals surface area contributed by atoms with Crippen LogP contribution in [0.15, 0.2) is 71.7 Å². The third kappa shape index (κ3) is 6.12. The Hall–Kier alpha value is -3.25. The highest BCUT2D eigenvalue weighted by Gasteiger charge is 2.08. The molecule has 0 radical (unpaired) electrons. The van der Waals surface area contributed by atoms with Crippen molar-refractivity contribution in [3.63, 3.8) is 0 Å². The molecule has 0 saturated carbocycles. The monoisotopic (exact) mass is 412 g/mol. The van der Waals surface area contributed by atoms with Gasteiger partial charge >= 0.3 is 0 Å². The summed E-state index contributed by atoms with van der Waals surface area (Å²) < 4.78 is 12.8. The van der Waals surface area contributed by atoms with Gasteiger partial charge in [-0.3, -0.25) is 9.59 Å². The fourth-order valence-electron chi connectivity index (χ4n) is 2.59. The first-order chi connectivity index (χ1) is 14.0. The van der Waals surface area contributed by atoms with Gasteiger partial charge in [0.1, 0.15) is 12.4 Å². The number of amides is 1. The maximum Gasteiger partial charge on any atom is 0.258 e. The molecule has 7 heteroatoms. The lowest BCUT2D eigenvalue weighted by Gasteiger charge is -2.13. The predicted molar refractivity (Wildman–Crippen MR) is 111 cm³/mol. The summed E-state index contributed by atoms with van der Waals surface area (Å²) in [6.45, 7) is 0.384. The summed E-state index contributed by atoms with van der Waals surface area (Å²) >= 11 is 5.81. The van der Waals surface area contributed by atoms with Gasteiger partial charge in [-0.25, -0.2) is 0 Å². The van der Waals surface area contributed by atoms with Gasteiger partial charge in [-0.1, -0.05) is 41.9 Å². The standard InChI is InChI=1S/C22H21ClN2O4/c1-25-13-21(29-14-16-5-3-2-4-6-16)20(26)11-18(25)12-24-22(27)15-28-19-9-7-17(23)8-10-19/h2-11,13H,12,14-15H2,1H3,(H,24,27). The third-order valence-corrected chi connectivity index (χ3v) is 4.44. The van der Waals surface area contributed by atoms with Crippen LogP contribution in [0.2, 0.25) is 5.02 Å². The molecule has 150 valence electrons. The number of carbonyl (C=O) groups is 1. The number of nitrogens with one attached hydrogen (secondary N) is 1. The lowest BCUT2D eigenvalue weighted by Crippen LogP contribution is -2.30. The fraction of sp³-hybridized carbons (Fsp3) is 0.182. The van der Waals surface area contributed by atoms with Crippen LogP contribution in [-0.2, 0) is 25.0 Å². The van der Waals surface area contributed by atoms with Gasteiger partial charge in [-0.2, -0.15) is 0 Å². The van der Waals surface area contributed by atoms with Crippen molar-refractivity contribution >= 4 is 17.5 Å². The number of pyridine rings is 1. The van der Waals surface area contributed by atoms with Crippen LogP contribution >= 0.6 is 11.6 Å². The minimum Gasteiger partial charge on any atom is -0.484 e. The Morgan fingerprint density at radius 1 is 1.07 bits per heavy atom. The van der Waals surface area contributed by atoms with E-state index in [2.05, 4.69) is 5.32 Å². The number of hydrogen-bond donors (Lipinski definition) is 1. The van der Waals surface area contributed by atoms with Gasteiger partial charge < -0.3 is 19.4 Å². The van der Waals surface area contributed by atoms with Gasteiger partial charge in [0, 0.05) is 23.8 Å². The molecule has 1 heterocycles. The van der Waals surface area contributed by atoms with E-state index in [1.807, 2.05) is 30.3 Å². The van der Waals surface area contributed by atoms with Gasteiger partial charge in [0.2, 0.25) is 5.43 Å². The van der Waals surface area contributed by atoms with Crippen molar-refractivity contribution in [1.82, 2.24) is 9.88 Å². The first-order valence-electron chi connectivity index (χ1n) is 9.02. The first kappa shape index (κ1) is 20.5. The highest BCUT2D eigenvalue weighted by molar-refractivity contribution is 6.30. The van der Waals surface area contributed by atoms with Crippen molar-refractivity contribution in [2.75, 3.05) is 6.61 Å². The quantitative estimate of drug-likeness (QED) is 0.616. The van der Waals surface area contributed by atoms with Gasteiger partial charge in [0.25, 0.3) is 5.91 Å². The molecule has 0 aliphatic rings. The Kier molecular flexibility index (Phi) is 6.92. The highest BCUT2D eigenvalue weighted by Crippen LogP contribution is 2.15. The fourth-order valence-corrected chi connectivity index (χ4v) is 2.71. The molecule has 0 atom stereocenters. The van der Waals surface area contributed by atoms with E-state index in [0.29, 0.717) is 23.1 Å². The summed E-state index contributed by atoms with van der Waals surface area (Å²) in [6.07, 6.45) is 1.62. The molecule has 29 heavy (non-hydrogen) atoms. The summed E-state index contributed by atoms with van der Waals surface area (Å²) in [5.74, 6) is 0.520. The van der Waals surface area contributed by atoms with E-state index in [1.54, 1.807) is 42.1 Å². The number of nitrogens with zero attached hydrogens (tertiary/aromatic N) is 1. The molecule has 0 bridgehead atoms. The predicted octanol–water partition coefficient (Wildman–Crippen LogP) is 3.31. The number of aryl methyl sites for hydroxylation is 1. The maximum atomic E-state index is 12.3. The summed E-state index contributed by atoms with van der Waals surface area (Å²) in [7, 11) is 1.79. The molecule has 0 saturated heterocycles. The topological polar surface area (TPSA) is 69.6 Å². The SMILES string of the molecule is Cn1cc(OCc2ccccc2)c(=O)cc1CNC(=O)COc1ccc(Cl)cc1. The Morgan fingerprint density at radius 2 is 1.79 bits per heavy atom. The molecule has 3 aromatic rings. The molecule has 6 nitrogen and oxygen atoms in total. The van der Waals surface area contributed by atoms with Crippen molar-refractivity contribution in [2.24, 2.45) is 7.05 Å². The molecule has 1 N–H and O–H groups in total. The number of hydrogen-bond acceptors (Lipinski definition) is 4. The number of benzene rings is 2. The van der Waals surface area contributed by atoms with Gasteiger partial charge in [0.15, 0.2) is 12.4 Å². The molecule has 0 aliphatic carbocycles. The molecule has 1 aromatic heterocycles. The second-order valence-electron chi connectivity index (χ2n) is 6.40. The summed E-state index contributed by atoms with van der Waals surface area (Å²) in [5.41, 5.74) is 1.40. The smallest absolute Gasteiger partial charge is 0.258 e. The zero-order chi connectivity index (χ0) is 20.6. The molecule has 0 aliphatic heterocycles. The molecule has 0 fully saturated rings. The van der Waals surface area contributed by atoms with E-state index in [-0.39, 0.29) is 30.2 Å². The molecule has 0 spiro atoms. The number of halogens is 1.